The van der Waals surface area contributed by atoms with E-state index in [1.807, 2.05) is 11.3 Å². The Morgan fingerprint density at radius 1 is 1.05 bits per heavy atom. The van der Waals surface area contributed by atoms with Crippen molar-refractivity contribution in [3.05, 3.63) is 49.1 Å². The Morgan fingerprint density at radius 2 is 1.90 bits per heavy atom. The third kappa shape index (κ3) is 2.60. The number of benzene rings is 1. The highest BCUT2D eigenvalue weighted by Gasteiger charge is 2.25. The molecule has 4 rings (SSSR count). The smallest absolute Gasteiger partial charge is 0.127 e. The molecule has 0 spiro atoms. The lowest BCUT2D eigenvalue weighted by molar-refractivity contribution is 0.354. The van der Waals surface area contributed by atoms with Gasteiger partial charge in [0, 0.05) is 26.2 Å². The van der Waals surface area contributed by atoms with Crippen LogP contribution in [0, 0.1) is 0 Å². The quantitative estimate of drug-likeness (QED) is 0.549. The number of rotatable bonds is 2. The van der Waals surface area contributed by atoms with Gasteiger partial charge in [-0.3, -0.25) is 0 Å². The van der Waals surface area contributed by atoms with E-state index in [0.29, 0.717) is 0 Å². The van der Waals surface area contributed by atoms with E-state index >= 15 is 0 Å². The van der Waals surface area contributed by atoms with E-state index in [1.54, 1.807) is 10.4 Å². The summed E-state index contributed by atoms with van der Waals surface area (Å²) >= 11 is 9.53. The average Bonchev–Trinajstić information content (AvgIpc) is 3.11. The van der Waals surface area contributed by atoms with Gasteiger partial charge in [-0.2, -0.15) is 0 Å². The first-order valence-electron chi connectivity index (χ1n) is 7.43. The minimum atomic E-state index is 0.234. The summed E-state index contributed by atoms with van der Waals surface area (Å²) in [5.41, 5.74) is 4.15. The van der Waals surface area contributed by atoms with E-state index in [4.69, 9.17) is 4.74 Å². The number of ether oxygens (including phenoxy) is 1. The van der Waals surface area contributed by atoms with Gasteiger partial charge in [0.1, 0.15) is 5.75 Å². The molecule has 0 N–H and O–H groups in total. The Labute approximate surface area is 146 Å². The van der Waals surface area contributed by atoms with E-state index in [-0.39, 0.29) is 4.83 Å². The Bertz CT molecular complexity index is 669. The van der Waals surface area contributed by atoms with Crippen molar-refractivity contribution < 1.29 is 4.74 Å². The van der Waals surface area contributed by atoms with Crippen molar-refractivity contribution in [3.8, 4) is 5.75 Å². The molecule has 0 amide bonds. The predicted octanol–water partition coefficient (Wildman–Crippen LogP) is 5.81. The minimum Gasteiger partial charge on any atom is -0.493 e. The Balaban J connectivity index is 1.75. The van der Waals surface area contributed by atoms with Crippen molar-refractivity contribution >= 4 is 43.2 Å². The van der Waals surface area contributed by atoms with Crippen molar-refractivity contribution in [2.24, 2.45) is 0 Å². The van der Waals surface area contributed by atoms with Crippen LogP contribution < -0.4 is 4.74 Å². The molecule has 0 bridgehead atoms. The summed E-state index contributed by atoms with van der Waals surface area (Å²) in [7, 11) is 0. The highest BCUT2D eigenvalue weighted by molar-refractivity contribution is 9.10. The standard InChI is InChI=1S/C17H16Br2OS/c18-12-7-11-5-6-20-17(11)13(9-12)16(19)15-8-10-3-1-2-4-14(10)21-15/h7-9,16H,1-6H2. The van der Waals surface area contributed by atoms with Crippen molar-refractivity contribution in [1.82, 2.24) is 0 Å². The molecule has 2 aliphatic rings. The first-order valence-corrected chi connectivity index (χ1v) is 9.95. The van der Waals surface area contributed by atoms with Crippen molar-refractivity contribution in [1.29, 1.82) is 0 Å². The third-order valence-electron chi connectivity index (χ3n) is 4.32. The summed E-state index contributed by atoms with van der Waals surface area (Å²) < 4.78 is 7.03. The molecule has 0 saturated carbocycles. The normalized spacial score (nSPS) is 18.0. The van der Waals surface area contributed by atoms with Crippen LogP contribution in [0.15, 0.2) is 22.7 Å². The van der Waals surface area contributed by atoms with Crippen molar-refractivity contribution in [2.75, 3.05) is 6.61 Å². The number of alkyl halides is 1. The molecule has 1 nitrogen and oxygen atoms in total. The first-order chi connectivity index (χ1) is 10.2. The fourth-order valence-corrected chi connectivity index (χ4v) is 5.81. The summed E-state index contributed by atoms with van der Waals surface area (Å²) in [6, 6.07) is 6.79. The topological polar surface area (TPSA) is 9.23 Å². The van der Waals surface area contributed by atoms with E-state index < -0.39 is 0 Å². The van der Waals surface area contributed by atoms with Gasteiger partial charge in [0.05, 0.1) is 11.4 Å². The second kappa shape index (κ2) is 5.71. The number of hydrogen-bond donors (Lipinski definition) is 0. The molecule has 110 valence electrons. The van der Waals surface area contributed by atoms with Gasteiger partial charge in [0.2, 0.25) is 0 Å². The maximum Gasteiger partial charge on any atom is 0.127 e. The zero-order valence-corrected chi connectivity index (χ0v) is 15.6. The molecule has 1 aromatic heterocycles. The zero-order chi connectivity index (χ0) is 14.4. The molecule has 1 unspecified atom stereocenters. The molecular formula is C17H16Br2OS. The Hall–Kier alpha value is -0.320. The van der Waals surface area contributed by atoms with E-state index in [9.17, 15) is 0 Å². The lowest BCUT2D eigenvalue weighted by Crippen LogP contribution is -1.97. The fraction of sp³-hybridized carbons (Fsp3) is 0.412. The number of fused-ring (bicyclic) bond motifs is 2. The van der Waals surface area contributed by atoms with Crippen LogP contribution in [0.1, 0.15) is 44.1 Å². The second-order valence-electron chi connectivity index (χ2n) is 5.75. The average molecular weight is 428 g/mol. The van der Waals surface area contributed by atoms with Gasteiger partial charge in [0.25, 0.3) is 0 Å². The predicted molar refractivity (Wildman–Crippen MR) is 95.1 cm³/mol. The number of aryl methyl sites for hydroxylation is 2. The molecule has 1 atom stereocenters. The molecular weight excluding hydrogens is 412 g/mol. The van der Waals surface area contributed by atoms with Crippen LogP contribution in [-0.4, -0.2) is 6.61 Å². The Morgan fingerprint density at radius 3 is 2.76 bits per heavy atom. The highest BCUT2D eigenvalue weighted by Crippen LogP contribution is 2.45. The Kier molecular flexibility index (Phi) is 3.88. The molecule has 4 heteroatoms. The number of halogens is 2. The van der Waals surface area contributed by atoms with Gasteiger partial charge >= 0.3 is 0 Å². The lowest BCUT2D eigenvalue weighted by atomic mass is 9.98. The fourth-order valence-electron chi connectivity index (χ4n) is 3.28. The lowest BCUT2D eigenvalue weighted by Gasteiger charge is -2.13. The summed E-state index contributed by atoms with van der Waals surface area (Å²) in [4.78, 5) is 3.24. The van der Waals surface area contributed by atoms with Gasteiger partial charge in [0.15, 0.2) is 0 Å². The van der Waals surface area contributed by atoms with Gasteiger partial charge < -0.3 is 4.74 Å². The summed E-state index contributed by atoms with van der Waals surface area (Å²) in [6.07, 6.45) is 6.20. The molecule has 0 radical (unpaired) electrons. The molecule has 0 saturated heterocycles. The first kappa shape index (κ1) is 14.3. The SMILES string of the molecule is Brc1cc2c(c(C(Br)c3cc4c(s3)CCCC4)c1)OCC2. The summed E-state index contributed by atoms with van der Waals surface area (Å²) in [6.45, 7) is 0.805. The largest absolute Gasteiger partial charge is 0.493 e. The van der Waals surface area contributed by atoms with Crippen molar-refractivity contribution in [3.63, 3.8) is 0 Å². The molecule has 21 heavy (non-hydrogen) atoms. The van der Waals surface area contributed by atoms with Gasteiger partial charge in [-0.05, 0) is 55.0 Å². The van der Waals surface area contributed by atoms with E-state index in [1.165, 1.54) is 41.7 Å². The summed E-state index contributed by atoms with van der Waals surface area (Å²) in [5, 5.41) is 0. The van der Waals surface area contributed by atoms with Gasteiger partial charge in [-0.1, -0.05) is 31.9 Å². The van der Waals surface area contributed by atoms with Crippen molar-refractivity contribution in [2.45, 2.75) is 36.9 Å². The maximum absolute atomic E-state index is 5.88. The maximum atomic E-state index is 5.88. The van der Waals surface area contributed by atoms with E-state index in [2.05, 4.69) is 50.1 Å². The van der Waals surface area contributed by atoms with Gasteiger partial charge in [-0.25, -0.2) is 0 Å². The van der Waals surface area contributed by atoms with Crippen LogP contribution in [0.3, 0.4) is 0 Å². The molecule has 1 aliphatic heterocycles. The van der Waals surface area contributed by atoms with Crippen LogP contribution in [0.25, 0.3) is 0 Å². The highest BCUT2D eigenvalue weighted by atomic mass is 79.9. The van der Waals surface area contributed by atoms with Crippen LogP contribution in [0.4, 0.5) is 0 Å². The van der Waals surface area contributed by atoms with Crippen LogP contribution in [0.2, 0.25) is 0 Å². The van der Waals surface area contributed by atoms with Crippen LogP contribution in [-0.2, 0) is 19.3 Å². The molecule has 1 aromatic carbocycles. The monoisotopic (exact) mass is 426 g/mol. The van der Waals surface area contributed by atoms with Gasteiger partial charge in [-0.15, -0.1) is 11.3 Å². The number of thiophene rings is 1. The van der Waals surface area contributed by atoms with Crippen LogP contribution in [0.5, 0.6) is 5.75 Å². The zero-order valence-electron chi connectivity index (χ0n) is 11.6. The molecule has 0 fully saturated rings. The summed E-state index contributed by atoms with van der Waals surface area (Å²) in [5.74, 6) is 1.09. The molecule has 2 heterocycles. The third-order valence-corrected chi connectivity index (χ3v) is 7.37. The molecule has 2 aromatic rings. The minimum absolute atomic E-state index is 0.234. The van der Waals surface area contributed by atoms with Crippen LogP contribution >= 0.6 is 43.2 Å². The van der Waals surface area contributed by atoms with E-state index in [0.717, 1.165) is 23.2 Å². The second-order valence-corrected chi connectivity index (χ2v) is 8.75. The number of hydrogen-bond acceptors (Lipinski definition) is 2. The molecule has 1 aliphatic carbocycles.